The van der Waals surface area contributed by atoms with Crippen LogP contribution in [0.25, 0.3) is 0 Å². The molecule has 4 nitrogen and oxygen atoms in total. The Morgan fingerprint density at radius 2 is 2.00 bits per heavy atom. The highest BCUT2D eigenvalue weighted by Gasteiger charge is 2.21. The Labute approximate surface area is 108 Å². The molecule has 1 aromatic rings. The number of amides is 1. The molecule has 0 unspecified atom stereocenters. The highest BCUT2D eigenvalue weighted by Crippen LogP contribution is 2.17. The van der Waals surface area contributed by atoms with Crippen LogP contribution in [0.1, 0.15) is 26.7 Å². The van der Waals surface area contributed by atoms with Crippen LogP contribution in [0.15, 0.2) is 24.3 Å². The van der Waals surface area contributed by atoms with Gasteiger partial charge < -0.3 is 15.2 Å². The van der Waals surface area contributed by atoms with Crippen LogP contribution in [0.2, 0.25) is 0 Å². The predicted molar refractivity (Wildman–Crippen MR) is 71.7 cm³/mol. The second-order valence-electron chi connectivity index (χ2n) is 4.36. The van der Waals surface area contributed by atoms with Gasteiger partial charge >= 0.3 is 0 Å². The van der Waals surface area contributed by atoms with Gasteiger partial charge in [0, 0.05) is 5.69 Å². The van der Waals surface area contributed by atoms with E-state index < -0.39 is 12.0 Å². The second kappa shape index (κ2) is 7.01. The summed E-state index contributed by atoms with van der Waals surface area (Å²) in [6.07, 6.45) is 0.909. The molecule has 1 amide bonds. The zero-order chi connectivity index (χ0) is 13.5. The quantitative estimate of drug-likeness (QED) is 0.816. The summed E-state index contributed by atoms with van der Waals surface area (Å²) in [5.74, 6) is 0.167. The number of anilines is 1. The third-order valence-electron chi connectivity index (χ3n) is 2.93. The van der Waals surface area contributed by atoms with Crippen molar-refractivity contribution in [1.29, 1.82) is 0 Å². The van der Waals surface area contributed by atoms with Gasteiger partial charge in [-0.1, -0.05) is 20.3 Å². The van der Waals surface area contributed by atoms with E-state index in [1.54, 1.807) is 38.3 Å². The summed E-state index contributed by atoms with van der Waals surface area (Å²) in [6, 6.07) is 7.11. The van der Waals surface area contributed by atoms with Gasteiger partial charge in [-0.05, 0) is 30.7 Å². The molecule has 2 N–H and O–H groups in total. The van der Waals surface area contributed by atoms with Crippen molar-refractivity contribution in [2.75, 3.05) is 12.4 Å². The van der Waals surface area contributed by atoms with E-state index in [9.17, 15) is 9.90 Å². The highest BCUT2D eigenvalue weighted by atomic mass is 16.5. The molecule has 0 spiro atoms. The average Bonchev–Trinajstić information content (AvgIpc) is 2.39. The van der Waals surface area contributed by atoms with Crippen molar-refractivity contribution in [1.82, 2.24) is 0 Å². The Morgan fingerprint density at radius 1 is 1.39 bits per heavy atom. The molecule has 1 rings (SSSR count). The van der Waals surface area contributed by atoms with E-state index in [-0.39, 0.29) is 5.91 Å². The first kappa shape index (κ1) is 14.5. The summed E-state index contributed by atoms with van der Waals surface area (Å²) in [6.45, 7) is 3.72. The SMILES string of the molecule is CCC[C@@H](O)[C@H](C)C(=O)Nc1ccc(OC)cc1. The summed E-state index contributed by atoms with van der Waals surface area (Å²) in [4.78, 5) is 11.9. The van der Waals surface area contributed by atoms with Gasteiger partial charge in [-0.2, -0.15) is 0 Å². The van der Waals surface area contributed by atoms with Gasteiger partial charge in [0.05, 0.1) is 19.1 Å². The molecule has 0 saturated carbocycles. The van der Waals surface area contributed by atoms with Gasteiger partial charge in [-0.3, -0.25) is 4.79 Å². The lowest BCUT2D eigenvalue weighted by Gasteiger charge is -2.17. The predicted octanol–water partition coefficient (Wildman–Crippen LogP) is 2.43. The average molecular weight is 251 g/mol. The van der Waals surface area contributed by atoms with Crippen LogP contribution < -0.4 is 10.1 Å². The van der Waals surface area contributed by atoms with Gasteiger partial charge in [0.25, 0.3) is 0 Å². The number of hydrogen-bond acceptors (Lipinski definition) is 3. The first-order chi connectivity index (χ1) is 8.58. The molecular weight excluding hydrogens is 230 g/mol. The van der Waals surface area contributed by atoms with Gasteiger partial charge in [-0.25, -0.2) is 0 Å². The number of aliphatic hydroxyl groups excluding tert-OH is 1. The minimum Gasteiger partial charge on any atom is -0.497 e. The fraction of sp³-hybridized carbons (Fsp3) is 0.500. The third-order valence-corrected chi connectivity index (χ3v) is 2.93. The number of aliphatic hydroxyl groups is 1. The molecule has 0 aliphatic rings. The maximum Gasteiger partial charge on any atom is 0.229 e. The fourth-order valence-electron chi connectivity index (χ4n) is 1.65. The first-order valence-corrected chi connectivity index (χ1v) is 6.21. The molecule has 0 fully saturated rings. The van der Waals surface area contributed by atoms with Crippen LogP contribution >= 0.6 is 0 Å². The number of methoxy groups -OCH3 is 1. The van der Waals surface area contributed by atoms with Crippen LogP contribution in [0.5, 0.6) is 5.75 Å². The molecule has 0 aromatic heterocycles. The van der Waals surface area contributed by atoms with E-state index in [4.69, 9.17) is 4.74 Å². The lowest BCUT2D eigenvalue weighted by molar-refractivity contribution is -0.122. The van der Waals surface area contributed by atoms with Crippen molar-refractivity contribution in [2.45, 2.75) is 32.8 Å². The Balaban J connectivity index is 2.57. The van der Waals surface area contributed by atoms with E-state index in [1.807, 2.05) is 6.92 Å². The largest absolute Gasteiger partial charge is 0.497 e. The Bertz CT molecular complexity index is 375. The molecular formula is C14H21NO3. The molecule has 2 atom stereocenters. The topological polar surface area (TPSA) is 58.6 Å². The summed E-state index contributed by atoms with van der Waals surface area (Å²) in [5.41, 5.74) is 0.705. The Kier molecular flexibility index (Phi) is 5.65. The number of benzene rings is 1. The summed E-state index contributed by atoms with van der Waals surface area (Å²) < 4.78 is 5.04. The zero-order valence-electron chi connectivity index (χ0n) is 11.1. The zero-order valence-corrected chi connectivity index (χ0v) is 11.1. The van der Waals surface area contributed by atoms with Crippen molar-refractivity contribution >= 4 is 11.6 Å². The molecule has 100 valence electrons. The van der Waals surface area contributed by atoms with Crippen molar-refractivity contribution in [3.8, 4) is 5.75 Å². The van der Waals surface area contributed by atoms with Gasteiger partial charge in [0.1, 0.15) is 5.75 Å². The van der Waals surface area contributed by atoms with E-state index in [2.05, 4.69) is 5.32 Å². The van der Waals surface area contributed by atoms with Crippen molar-refractivity contribution in [2.24, 2.45) is 5.92 Å². The van der Waals surface area contributed by atoms with Crippen LogP contribution in [-0.2, 0) is 4.79 Å². The number of ether oxygens (including phenoxy) is 1. The third kappa shape index (κ3) is 4.04. The molecule has 4 heteroatoms. The monoisotopic (exact) mass is 251 g/mol. The minimum absolute atomic E-state index is 0.166. The summed E-state index contributed by atoms with van der Waals surface area (Å²) in [5, 5.41) is 12.5. The number of carbonyl (C=O) groups is 1. The van der Waals surface area contributed by atoms with Crippen LogP contribution in [0, 0.1) is 5.92 Å². The molecule has 0 radical (unpaired) electrons. The Hall–Kier alpha value is -1.55. The normalized spacial score (nSPS) is 13.8. The number of rotatable bonds is 6. The molecule has 0 saturated heterocycles. The molecule has 18 heavy (non-hydrogen) atoms. The van der Waals surface area contributed by atoms with Crippen molar-refractivity contribution in [3.05, 3.63) is 24.3 Å². The van der Waals surface area contributed by atoms with Gasteiger partial charge in [0.2, 0.25) is 5.91 Å². The second-order valence-corrected chi connectivity index (χ2v) is 4.36. The van der Waals surface area contributed by atoms with Crippen molar-refractivity contribution < 1.29 is 14.6 Å². The maximum absolute atomic E-state index is 11.9. The maximum atomic E-state index is 11.9. The summed E-state index contributed by atoms with van der Waals surface area (Å²) >= 11 is 0. The first-order valence-electron chi connectivity index (χ1n) is 6.21. The van der Waals surface area contributed by atoms with Gasteiger partial charge in [-0.15, -0.1) is 0 Å². The van der Waals surface area contributed by atoms with Gasteiger partial charge in [0.15, 0.2) is 0 Å². The van der Waals surface area contributed by atoms with E-state index in [1.165, 1.54) is 0 Å². The standard InChI is InChI=1S/C14H21NO3/c1-4-5-13(16)10(2)14(17)15-11-6-8-12(18-3)9-7-11/h6-10,13,16H,4-5H2,1-3H3,(H,15,17)/t10-,13+/m0/s1. The van der Waals surface area contributed by atoms with Crippen LogP contribution in [0.3, 0.4) is 0 Å². The molecule has 0 aliphatic carbocycles. The fourth-order valence-corrected chi connectivity index (χ4v) is 1.65. The van der Waals surface area contributed by atoms with Crippen LogP contribution in [-0.4, -0.2) is 24.2 Å². The molecule has 1 aromatic carbocycles. The number of carbonyl (C=O) groups excluding carboxylic acids is 1. The lowest BCUT2D eigenvalue weighted by atomic mass is 10.00. The number of hydrogen-bond donors (Lipinski definition) is 2. The molecule has 0 bridgehead atoms. The molecule has 0 aliphatic heterocycles. The molecule has 0 heterocycles. The van der Waals surface area contributed by atoms with E-state index >= 15 is 0 Å². The van der Waals surface area contributed by atoms with Crippen LogP contribution in [0.4, 0.5) is 5.69 Å². The summed E-state index contributed by atoms with van der Waals surface area (Å²) in [7, 11) is 1.59. The van der Waals surface area contributed by atoms with E-state index in [0.717, 1.165) is 12.2 Å². The highest BCUT2D eigenvalue weighted by molar-refractivity contribution is 5.92. The van der Waals surface area contributed by atoms with E-state index in [0.29, 0.717) is 12.1 Å². The smallest absolute Gasteiger partial charge is 0.229 e. The van der Waals surface area contributed by atoms with Crippen molar-refractivity contribution in [3.63, 3.8) is 0 Å². The minimum atomic E-state index is -0.590. The Morgan fingerprint density at radius 3 is 2.50 bits per heavy atom. The number of nitrogens with one attached hydrogen (secondary N) is 1. The lowest BCUT2D eigenvalue weighted by Crippen LogP contribution is -2.30.